The predicted molar refractivity (Wildman–Crippen MR) is 192 cm³/mol. The Kier molecular flexibility index (Phi) is 8.55. The van der Waals surface area contributed by atoms with Crippen LogP contribution in [0.25, 0.3) is 0 Å². The van der Waals surface area contributed by atoms with Gasteiger partial charge in [0.1, 0.15) is 11.5 Å². The SMILES string of the molecule is COc1cc(O)ccc1[C@H]1C2=CC[C@@H]3C(=O)N(c4ccc(N=Nc5ccc(N(C)C)cc5)cc4)C(=O)[C@@H]3[C@@H]2C[C@@]2(Cl)C(=O)N(CBr)C(=O)[C@@]12Cl. The molecule has 4 amide bonds. The molecule has 0 bridgehead atoms. The van der Waals surface area contributed by atoms with E-state index in [0.29, 0.717) is 28.2 Å². The second-order valence-electron chi connectivity index (χ2n) is 13.1. The molecule has 6 atom stereocenters. The average molecular weight is 781 g/mol. The number of phenolic OH excluding ortho intramolecular Hbond substituents is 1. The van der Waals surface area contributed by atoms with Gasteiger partial charge in [-0.3, -0.25) is 29.0 Å². The number of fused-ring (bicyclic) bond motifs is 4. The number of imide groups is 2. The Bertz CT molecular complexity index is 1990. The summed E-state index contributed by atoms with van der Waals surface area (Å²) in [6.07, 6.45) is 1.92. The van der Waals surface area contributed by atoms with E-state index in [1.807, 2.05) is 49.3 Å². The van der Waals surface area contributed by atoms with E-state index in [0.717, 1.165) is 10.6 Å². The van der Waals surface area contributed by atoms with Gasteiger partial charge in [0.2, 0.25) is 11.8 Å². The van der Waals surface area contributed by atoms with Crippen molar-refractivity contribution in [3.8, 4) is 11.5 Å². The highest BCUT2D eigenvalue weighted by Crippen LogP contribution is 2.66. The van der Waals surface area contributed by atoms with E-state index in [-0.39, 0.29) is 35.7 Å². The maximum absolute atomic E-state index is 14.4. The molecule has 7 rings (SSSR count). The Balaban J connectivity index is 1.23. The molecule has 4 aliphatic rings. The maximum atomic E-state index is 14.4. The number of ether oxygens (including phenoxy) is 1. The number of hydrogen-bond acceptors (Lipinski definition) is 9. The van der Waals surface area contributed by atoms with Crippen LogP contribution in [0.15, 0.2) is 88.6 Å². The number of azo groups is 1. The Morgan fingerprint density at radius 1 is 0.920 bits per heavy atom. The average Bonchev–Trinajstić information content (AvgIpc) is 3.45. The van der Waals surface area contributed by atoms with Crippen LogP contribution in [0, 0.1) is 17.8 Å². The molecule has 0 aromatic heterocycles. The van der Waals surface area contributed by atoms with Gasteiger partial charge in [-0.25, -0.2) is 0 Å². The summed E-state index contributed by atoms with van der Waals surface area (Å²) in [4.78, 5) is 56.4. The number of phenols is 1. The molecular formula is C36H32BrCl2N5O6. The van der Waals surface area contributed by atoms with Gasteiger partial charge in [0, 0.05) is 37.3 Å². The molecule has 3 aromatic carbocycles. The van der Waals surface area contributed by atoms with E-state index in [4.69, 9.17) is 27.9 Å². The number of benzene rings is 3. The normalized spacial score (nSPS) is 28.9. The second-order valence-corrected chi connectivity index (χ2v) is 14.8. The van der Waals surface area contributed by atoms with Crippen molar-refractivity contribution in [1.82, 2.24) is 4.90 Å². The number of hydrogen-bond donors (Lipinski definition) is 1. The Morgan fingerprint density at radius 2 is 1.56 bits per heavy atom. The molecule has 14 heteroatoms. The number of anilines is 2. The van der Waals surface area contributed by atoms with Crippen molar-refractivity contribution in [2.45, 2.75) is 28.5 Å². The smallest absolute Gasteiger partial charge is 0.254 e. The molecule has 1 N–H and O–H groups in total. The summed E-state index contributed by atoms with van der Waals surface area (Å²) in [5.74, 6) is -5.33. The van der Waals surface area contributed by atoms with Crippen LogP contribution in [-0.4, -0.2) is 70.0 Å². The van der Waals surface area contributed by atoms with Crippen molar-refractivity contribution in [3.05, 3.63) is 83.9 Å². The maximum Gasteiger partial charge on any atom is 0.254 e. The molecule has 11 nitrogen and oxygen atoms in total. The Hall–Kier alpha value is -4.26. The molecule has 50 heavy (non-hydrogen) atoms. The lowest BCUT2D eigenvalue weighted by Gasteiger charge is -2.50. The first kappa shape index (κ1) is 34.2. The molecule has 2 aliphatic carbocycles. The topological polar surface area (TPSA) is 132 Å². The number of alkyl halides is 3. The van der Waals surface area contributed by atoms with Crippen LogP contribution in [0.2, 0.25) is 0 Å². The van der Waals surface area contributed by atoms with E-state index >= 15 is 0 Å². The van der Waals surface area contributed by atoms with E-state index < -0.39 is 51.1 Å². The number of carbonyl (C=O) groups is 4. The summed E-state index contributed by atoms with van der Waals surface area (Å²) < 4.78 is 5.61. The van der Waals surface area contributed by atoms with Crippen LogP contribution in [0.1, 0.15) is 24.3 Å². The van der Waals surface area contributed by atoms with Crippen LogP contribution in [0.4, 0.5) is 22.7 Å². The van der Waals surface area contributed by atoms with E-state index in [1.54, 1.807) is 30.3 Å². The van der Waals surface area contributed by atoms with Gasteiger partial charge in [-0.05, 0) is 73.4 Å². The van der Waals surface area contributed by atoms with Crippen molar-refractivity contribution in [2.75, 3.05) is 36.5 Å². The lowest BCUT2D eigenvalue weighted by Crippen LogP contribution is -2.60. The number of nitrogens with zero attached hydrogens (tertiary/aromatic N) is 5. The van der Waals surface area contributed by atoms with Crippen molar-refractivity contribution in [3.63, 3.8) is 0 Å². The van der Waals surface area contributed by atoms with Crippen LogP contribution < -0.4 is 14.5 Å². The van der Waals surface area contributed by atoms with Crippen molar-refractivity contribution < 1.29 is 29.0 Å². The van der Waals surface area contributed by atoms with Gasteiger partial charge >= 0.3 is 0 Å². The van der Waals surface area contributed by atoms with Gasteiger partial charge in [0.15, 0.2) is 9.75 Å². The molecule has 2 saturated heterocycles. The van der Waals surface area contributed by atoms with Gasteiger partial charge in [-0.15, -0.1) is 23.2 Å². The van der Waals surface area contributed by atoms with E-state index in [2.05, 4.69) is 26.2 Å². The van der Waals surface area contributed by atoms with Crippen molar-refractivity contribution in [2.24, 2.45) is 28.0 Å². The number of halogens is 3. The molecule has 0 radical (unpaired) electrons. The zero-order valence-corrected chi connectivity index (χ0v) is 30.3. The Morgan fingerprint density at radius 3 is 2.16 bits per heavy atom. The van der Waals surface area contributed by atoms with Gasteiger partial charge in [-0.2, -0.15) is 10.2 Å². The van der Waals surface area contributed by atoms with Crippen molar-refractivity contribution >= 4 is 85.5 Å². The minimum absolute atomic E-state index is 0.0781. The van der Waals surface area contributed by atoms with Crippen LogP contribution >= 0.6 is 39.1 Å². The summed E-state index contributed by atoms with van der Waals surface area (Å²) >= 11 is 17.8. The molecule has 2 aliphatic heterocycles. The standard InChI is InChI=1S/C36H32BrCl2N5O6/c1-42(2)21-8-4-19(5-9-21)40-41-20-6-10-22(11-7-20)44-31(46)26-15-14-24-27(29(26)32(44)47)17-35(38)33(48)43(18-37)34(49)36(35,39)30(24)25-13-12-23(45)16-28(25)50-3/h4-14,16,26-27,29-30,45H,15,17-18H2,1-3H3/t26-,27+,29-,30+,35+,36-/m0/s1. The number of allylic oxidation sites excluding steroid dienone is 2. The number of likely N-dealkylation sites (tertiary alicyclic amines) is 1. The van der Waals surface area contributed by atoms with Gasteiger partial charge in [0.25, 0.3) is 11.8 Å². The summed E-state index contributed by atoms with van der Waals surface area (Å²) in [5, 5.41) is 18.8. The highest BCUT2D eigenvalue weighted by molar-refractivity contribution is 9.09. The summed E-state index contributed by atoms with van der Waals surface area (Å²) in [7, 11) is 5.32. The first-order valence-electron chi connectivity index (χ1n) is 15.9. The lowest BCUT2D eigenvalue weighted by molar-refractivity contribution is -0.138. The molecule has 0 spiro atoms. The van der Waals surface area contributed by atoms with Gasteiger partial charge < -0.3 is 14.7 Å². The van der Waals surface area contributed by atoms with Crippen LogP contribution in [0.3, 0.4) is 0 Å². The number of methoxy groups -OCH3 is 1. The van der Waals surface area contributed by atoms with E-state index in [9.17, 15) is 24.3 Å². The second kappa shape index (κ2) is 12.5. The number of carbonyl (C=O) groups excluding carboxylic acids is 4. The summed E-state index contributed by atoms with van der Waals surface area (Å²) in [5.41, 5.74) is 3.53. The molecule has 0 unspecified atom stereocenters. The van der Waals surface area contributed by atoms with Crippen LogP contribution in [-0.2, 0) is 19.2 Å². The Labute approximate surface area is 306 Å². The first-order chi connectivity index (χ1) is 23.8. The van der Waals surface area contributed by atoms with Gasteiger partial charge in [-0.1, -0.05) is 33.6 Å². The summed E-state index contributed by atoms with van der Waals surface area (Å²) in [6.45, 7) is 0. The lowest BCUT2D eigenvalue weighted by atomic mass is 9.56. The zero-order valence-electron chi connectivity index (χ0n) is 27.2. The summed E-state index contributed by atoms with van der Waals surface area (Å²) in [6, 6.07) is 18.7. The first-order valence-corrected chi connectivity index (χ1v) is 17.8. The third-order valence-electron chi connectivity index (χ3n) is 10.3. The molecule has 3 fully saturated rings. The zero-order chi connectivity index (χ0) is 35.7. The highest BCUT2D eigenvalue weighted by atomic mass is 79.9. The van der Waals surface area contributed by atoms with Gasteiger partial charge in [0.05, 0.1) is 41.5 Å². The fourth-order valence-electron chi connectivity index (χ4n) is 7.89. The molecule has 258 valence electrons. The quantitative estimate of drug-likeness (QED) is 0.0918. The molecule has 1 saturated carbocycles. The minimum Gasteiger partial charge on any atom is -0.508 e. The van der Waals surface area contributed by atoms with E-state index in [1.165, 1.54) is 24.1 Å². The number of aromatic hydroxyl groups is 1. The monoisotopic (exact) mass is 779 g/mol. The third-order valence-corrected chi connectivity index (χ3v) is 12.2. The molecular weight excluding hydrogens is 749 g/mol. The third kappa shape index (κ3) is 4.97. The minimum atomic E-state index is -1.98. The number of amides is 4. The number of rotatable bonds is 7. The fourth-order valence-corrected chi connectivity index (χ4v) is 9.31. The van der Waals surface area contributed by atoms with Crippen LogP contribution in [0.5, 0.6) is 11.5 Å². The largest absolute Gasteiger partial charge is 0.508 e. The molecule has 2 heterocycles. The van der Waals surface area contributed by atoms with Crippen molar-refractivity contribution in [1.29, 1.82) is 0 Å². The predicted octanol–water partition coefficient (Wildman–Crippen LogP) is 6.80. The molecule has 3 aromatic rings. The highest BCUT2D eigenvalue weighted by Gasteiger charge is 2.76. The fraction of sp³-hybridized carbons (Fsp3) is 0.333.